The maximum Gasteiger partial charge on any atom is 0.277 e. The highest BCUT2D eigenvalue weighted by atomic mass is 35.5. The fourth-order valence-electron chi connectivity index (χ4n) is 2.19. The second-order valence-electron chi connectivity index (χ2n) is 5.05. The summed E-state index contributed by atoms with van der Waals surface area (Å²) in [4.78, 5) is 4.04. The van der Waals surface area contributed by atoms with Crippen molar-refractivity contribution in [1.82, 2.24) is 15.2 Å². The van der Waals surface area contributed by atoms with Gasteiger partial charge in [-0.25, -0.2) is 4.98 Å². The maximum absolute atomic E-state index is 5.85. The van der Waals surface area contributed by atoms with E-state index in [4.69, 9.17) is 25.5 Å². The summed E-state index contributed by atoms with van der Waals surface area (Å²) >= 11 is 7.20. The molecule has 0 radical (unpaired) electrons. The summed E-state index contributed by atoms with van der Waals surface area (Å²) in [6.07, 6.45) is 1.32. The highest BCUT2D eigenvalue weighted by Crippen LogP contribution is 2.36. The summed E-state index contributed by atoms with van der Waals surface area (Å²) in [6, 6.07) is 11.2. The van der Waals surface area contributed by atoms with E-state index in [0.29, 0.717) is 34.4 Å². The summed E-state index contributed by atoms with van der Waals surface area (Å²) in [5.41, 5.74) is 1.02. The van der Waals surface area contributed by atoms with Gasteiger partial charge in [-0.05, 0) is 23.8 Å². The number of aromatic nitrogens is 3. The molecule has 0 saturated carbocycles. The van der Waals surface area contributed by atoms with Crippen molar-refractivity contribution in [2.75, 3.05) is 6.61 Å². The number of hydrogen-bond acceptors (Lipinski definition) is 7. The van der Waals surface area contributed by atoms with Gasteiger partial charge in [0.05, 0.1) is 0 Å². The van der Waals surface area contributed by atoms with Crippen LogP contribution in [-0.4, -0.2) is 21.8 Å². The smallest absolute Gasteiger partial charge is 0.277 e. The molecule has 8 heteroatoms. The van der Waals surface area contributed by atoms with Gasteiger partial charge in [-0.15, -0.1) is 10.2 Å². The molecule has 0 saturated heterocycles. The second kappa shape index (κ2) is 6.70. The quantitative estimate of drug-likeness (QED) is 0.515. The maximum atomic E-state index is 5.85. The van der Waals surface area contributed by atoms with Crippen molar-refractivity contribution in [1.29, 1.82) is 0 Å². The Morgan fingerprint density at radius 1 is 1.12 bits per heavy atom. The molecule has 2 aromatic heterocycles. The first kappa shape index (κ1) is 15.3. The summed E-state index contributed by atoms with van der Waals surface area (Å²) < 4.78 is 17.2. The Hall–Kier alpha value is -2.25. The van der Waals surface area contributed by atoms with Crippen LogP contribution in [0.3, 0.4) is 0 Å². The highest BCUT2D eigenvalue weighted by molar-refractivity contribution is 7.98. The molecule has 0 fully saturated rings. The third-order valence-electron chi connectivity index (χ3n) is 3.36. The number of benzene rings is 1. The number of rotatable bonds is 4. The zero-order valence-electron chi connectivity index (χ0n) is 12.4. The summed E-state index contributed by atoms with van der Waals surface area (Å²) in [7, 11) is 0. The molecule has 3 heterocycles. The van der Waals surface area contributed by atoms with Crippen LogP contribution in [0.25, 0.3) is 0 Å². The molecule has 1 aliphatic rings. The van der Waals surface area contributed by atoms with Crippen LogP contribution in [0.2, 0.25) is 5.15 Å². The Morgan fingerprint density at radius 3 is 2.83 bits per heavy atom. The van der Waals surface area contributed by atoms with Gasteiger partial charge in [0.25, 0.3) is 11.1 Å². The van der Waals surface area contributed by atoms with Gasteiger partial charge in [-0.1, -0.05) is 41.6 Å². The zero-order valence-corrected chi connectivity index (χ0v) is 14.0. The lowest BCUT2D eigenvalue weighted by Gasteiger charge is -2.23. The van der Waals surface area contributed by atoms with E-state index in [2.05, 4.69) is 15.2 Å². The lowest BCUT2D eigenvalue weighted by atomic mass is 10.2. The fourth-order valence-corrected chi connectivity index (χ4v) is 3.00. The van der Waals surface area contributed by atoms with Gasteiger partial charge in [-0.2, -0.15) is 0 Å². The first-order valence-corrected chi connectivity index (χ1v) is 8.59. The number of hydrogen-bond donors (Lipinski definition) is 0. The molecule has 1 unspecified atom stereocenters. The van der Waals surface area contributed by atoms with Crippen LogP contribution in [0.15, 0.2) is 52.2 Å². The third kappa shape index (κ3) is 3.32. The average Bonchev–Trinajstić information content (AvgIpc) is 3.10. The number of ether oxygens (including phenoxy) is 2. The summed E-state index contributed by atoms with van der Waals surface area (Å²) in [6.45, 7) is 0.338. The minimum atomic E-state index is -0.404. The minimum Gasteiger partial charge on any atom is -0.485 e. The predicted molar refractivity (Wildman–Crippen MR) is 88.4 cm³/mol. The summed E-state index contributed by atoms with van der Waals surface area (Å²) in [5, 5.41) is 9.05. The Labute approximate surface area is 147 Å². The highest BCUT2D eigenvalue weighted by Gasteiger charge is 2.27. The van der Waals surface area contributed by atoms with Gasteiger partial charge < -0.3 is 13.9 Å². The molecule has 4 rings (SSSR count). The standard InChI is InChI=1S/C16H12ClN3O3S/c17-14-6-5-10(7-18-14)9-24-16-20-19-15(23-16)13-8-21-11-3-1-2-4-12(11)22-13/h1-7,13H,8-9H2. The van der Waals surface area contributed by atoms with Gasteiger partial charge in [0.1, 0.15) is 11.8 Å². The number of fused-ring (bicyclic) bond motifs is 1. The van der Waals surface area contributed by atoms with E-state index in [1.54, 1.807) is 12.3 Å². The predicted octanol–water partition coefficient (Wildman–Crippen LogP) is 3.92. The van der Waals surface area contributed by atoms with Crippen LogP contribution < -0.4 is 9.47 Å². The first-order chi connectivity index (χ1) is 11.8. The van der Waals surface area contributed by atoms with E-state index in [1.165, 1.54) is 11.8 Å². The van der Waals surface area contributed by atoms with Crippen LogP contribution in [0.5, 0.6) is 11.5 Å². The summed E-state index contributed by atoms with van der Waals surface area (Å²) in [5.74, 6) is 2.46. The van der Waals surface area contributed by atoms with Crippen molar-refractivity contribution in [3.8, 4) is 11.5 Å². The first-order valence-electron chi connectivity index (χ1n) is 7.23. The topological polar surface area (TPSA) is 70.3 Å². The molecule has 0 bridgehead atoms. The molecule has 24 heavy (non-hydrogen) atoms. The van der Waals surface area contributed by atoms with Gasteiger partial charge in [0, 0.05) is 11.9 Å². The van der Waals surface area contributed by atoms with E-state index < -0.39 is 6.10 Å². The molecule has 0 N–H and O–H groups in total. The molecule has 0 amide bonds. The average molecular weight is 362 g/mol. The number of para-hydroxylation sites is 2. The fraction of sp³-hybridized carbons (Fsp3) is 0.188. The molecule has 0 spiro atoms. The Bertz CT molecular complexity index is 841. The van der Waals surface area contributed by atoms with E-state index in [1.807, 2.05) is 30.3 Å². The molecule has 122 valence electrons. The number of thioether (sulfide) groups is 1. The van der Waals surface area contributed by atoms with Crippen molar-refractivity contribution in [2.45, 2.75) is 17.1 Å². The molecule has 0 aliphatic carbocycles. The van der Waals surface area contributed by atoms with E-state index >= 15 is 0 Å². The molecule has 1 aliphatic heterocycles. The third-order valence-corrected chi connectivity index (χ3v) is 4.47. The lowest BCUT2D eigenvalue weighted by Crippen LogP contribution is -2.21. The van der Waals surface area contributed by atoms with Crippen LogP contribution >= 0.6 is 23.4 Å². The van der Waals surface area contributed by atoms with Gasteiger partial charge in [0.15, 0.2) is 11.5 Å². The lowest BCUT2D eigenvalue weighted by molar-refractivity contribution is 0.0686. The molecular weight excluding hydrogens is 350 g/mol. The monoisotopic (exact) mass is 361 g/mol. The van der Waals surface area contributed by atoms with Crippen molar-refractivity contribution < 1.29 is 13.9 Å². The molecule has 3 aromatic rings. The van der Waals surface area contributed by atoms with Crippen molar-refractivity contribution in [3.05, 3.63) is 59.2 Å². The number of nitrogens with zero attached hydrogens (tertiary/aromatic N) is 3. The van der Waals surface area contributed by atoms with E-state index in [9.17, 15) is 0 Å². The molecular formula is C16H12ClN3O3S. The Morgan fingerprint density at radius 2 is 2.00 bits per heavy atom. The van der Waals surface area contributed by atoms with Crippen molar-refractivity contribution in [3.63, 3.8) is 0 Å². The van der Waals surface area contributed by atoms with E-state index in [-0.39, 0.29) is 0 Å². The Balaban J connectivity index is 1.41. The second-order valence-corrected chi connectivity index (χ2v) is 6.36. The SMILES string of the molecule is Clc1ccc(CSc2nnc(C3COc4ccccc4O3)o2)cn1. The van der Waals surface area contributed by atoms with Gasteiger partial charge in [-0.3, -0.25) is 0 Å². The van der Waals surface area contributed by atoms with Crippen LogP contribution in [0.1, 0.15) is 17.6 Å². The molecule has 6 nitrogen and oxygen atoms in total. The van der Waals surface area contributed by atoms with Crippen LogP contribution in [-0.2, 0) is 5.75 Å². The normalized spacial score (nSPS) is 16.1. The van der Waals surface area contributed by atoms with Crippen LogP contribution in [0, 0.1) is 0 Å². The van der Waals surface area contributed by atoms with Gasteiger partial charge in [0.2, 0.25) is 6.10 Å². The zero-order chi connectivity index (χ0) is 16.4. The largest absolute Gasteiger partial charge is 0.485 e. The Kier molecular flexibility index (Phi) is 4.27. The van der Waals surface area contributed by atoms with Crippen molar-refractivity contribution in [2.24, 2.45) is 0 Å². The van der Waals surface area contributed by atoms with E-state index in [0.717, 1.165) is 11.3 Å². The molecule has 1 atom stereocenters. The van der Waals surface area contributed by atoms with Crippen LogP contribution in [0.4, 0.5) is 0 Å². The van der Waals surface area contributed by atoms with Crippen molar-refractivity contribution >= 4 is 23.4 Å². The van der Waals surface area contributed by atoms with Gasteiger partial charge >= 0.3 is 0 Å². The minimum absolute atomic E-state index is 0.338. The number of halogens is 1. The number of pyridine rings is 1. The molecule has 1 aromatic carbocycles.